The zero-order valence-electron chi connectivity index (χ0n) is 15.1. The minimum absolute atomic E-state index is 0.00316. The number of benzene rings is 2. The second-order valence-corrected chi connectivity index (χ2v) is 6.29. The van der Waals surface area contributed by atoms with Crippen molar-refractivity contribution >= 4 is 35.0 Å². The molecule has 3 rings (SSSR count). The number of aromatic nitrogens is 2. The zero-order valence-corrected chi connectivity index (χ0v) is 15.8. The second-order valence-electron chi connectivity index (χ2n) is 5.88. The number of primary amides is 1. The van der Waals surface area contributed by atoms with E-state index in [0.717, 1.165) is 12.1 Å². The molecule has 0 radical (unpaired) electrons. The van der Waals surface area contributed by atoms with Crippen LogP contribution in [0.15, 0.2) is 48.8 Å². The maximum absolute atomic E-state index is 13.4. The number of rotatable bonds is 5. The van der Waals surface area contributed by atoms with Crippen molar-refractivity contribution in [2.75, 3.05) is 12.4 Å². The highest BCUT2D eigenvalue weighted by Crippen LogP contribution is 2.21. The van der Waals surface area contributed by atoms with Crippen molar-refractivity contribution in [3.8, 4) is 5.69 Å². The van der Waals surface area contributed by atoms with Gasteiger partial charge in [0.15, 0.2) is 5.69 Å². The predicted molar refractivity (Wildman–Crippen MR) is 105 cm³/mol. The van der Waals surface area contributed by atoms with Gasteiger partial charge in [-0.15, -0.1) is 0 Å². The van der Waals surface area contributed by atoms with E-state index in [1.165, 1.54) is 24.0 Å². The summed E-state index contributed by atoms with van der Waals surface area (Å²) >= 11 is 5.94. The van der Waals surface area contributed by atoms with Crippen LogP contribution in [0.5, 0.6) is 0 Å². The Kier molecular flexibility index (Phi) is 5.60. The van der Waals surface area contributed by atoms with Crippen LogP contribution < -0.4 is 16.4 Å². The number of hydrogen-bond acceptors (Lipinski definition) is 4. The largest absolute Gasteiger partial charge is 0.364 e. The summed E-state index contributed by atoms with van der Waals surface area (Å²) in [6.07, 6.45) is 1.30. The molecule has 0 saturated carbocycles. The molecule has 0 unspecified atom stereocenters. The van der Waals surface area contributed by atoms with Crippen LogP contribution in [0.3, 0.4) is 0 Å². The lowest BCUT2D eigenvalue weighted by molar-refractivity contribution is 0.0937. The number of anilines is 1. The Morgan fingerprint density at radius 2 is 1.79 bits per heavy atom. The summed E-state index contributed by atoms with van der Waals surface area (Å²) in [4.78, 5) is 39.9. The first-order chi connectivity index (χ1) is 13.8. The smallest absolute Gasteiger partial charge is 0.272 e. The second kappa shape index (κ2) is 8.11. The summed E-state index contributed by atoms with van der Waals surface area (Å²) in [5.74, 6) is -2.53. The number of amides is 3. The number of halogens is 2. The van der Waals surface area contributed by atoms with Gasteiger partial charge in [-0.25, -0.2) is 9.37 Å². The van der Waals surface area contributed by atoms with Gasteiger partial charge >= 0.3 is 0 Å². The normalized spacial score (nSPS) is 10.4. The third-order valence-electron chi connectivity index (χ3n) is 4.02. The molecule has 1 heterocycles. The SMILES string of the molecule is CNC(=O)c1ncn(-c2ccc(NC(=O)c3cc(F)ccc3Cl)cc2)c1C(N)=O. The molecule has 8 nitrogen and oxygen atoms in total. The number of nitrogens with two attached hydrogens (primary N) is 1. The monoisotopic (exact) mass is 415 g/mol. The molecule has 0 aliphatic rings. The van der Waals surface area contributed by atoms with Crippen molar-refractivity contribution in [3.05, 3.63) is 76.6 Å². The van der Waals surface area contributed by atoms with Gasteiger partial charge in [0.25, 0.3) is 17.7 Å². The summed E-state index contributed by atoms with van der Waals surface area (Å²) in [6, 6.07) is 9.79. The van der Waals surface area contributed by atoms with Gasteiger partial charge in [0.2, 0.25) is 0 Å². The molecule has 0 atom stereocenters. The fourth-order valence-electron chi connectivity index (χ4n) is 2.64. The van der Waals surface area contributed by atoms with Crippen LogP contribution in [-0.4, -0.2) is 34.3 Å². The Bertz CT molecular complexity index is 1110. The van der Waals surface area contributed by atoms with Crippen molar-refractivity contribution in [1.29, 1.82) is 0 Å². The summed E-state index contributed by atoms with van der Waals surface area (Å²) < 4.78 is 14.7. The van der Waals surface area contributed by atoms with Gasteiger partial charge in [-0.3, -0.25) is 19.0 Å². The van der Waals surface area contributed by atoms with Gasteiger partial charge in [0.05, 0.1) is 10.6 Å². The van der Waals surface area contributed by atoms with E-state index in [1.807, 2.05) is 0 Å². The Morgan fingerprint density at radius 1 is 1.10 bits per heavy atom. The van der Waals surface area contributed by atoms with Crippen molar-refractivity contribution in [1.82, 2.24) is 14.9 Å². The summed E-state index contributed by atoms with van der Waals surface area (Å²) in [5, 5.41) is 5.11. The Morgan fingerprint density at radius 3 is 2.41 bits per heavy atom. The van der Waals surface area contributed by atoms with Gasteiger partial charge in [-0.1, -0.05) is 11.6 Å². The molecular weight excluding hydrogens is 401 g/mol. The highest BCUT2D eigenvalue weighted by Gasteiger charge is 2.22. The lowest BCUT2D eigenvalue weighted by atomic mass is 10.2. The first-order valence-electron chi connectivity index (χ1n) is 8.28. The van der Waals surface area contributed by atoms with E-state index in [2.05, 4.69) is 15.6 Å². The van der Waals surface area contributed by atoms with Gasteiger partial charge in [-0.2, -0.15) is 0 Å². The number of nitrogens with one attached hydrogen (secondary N) is 2. The molecular formula is C19H15ClFN5O3. The van der Waals surface area contributed by atoms with Crippen LogP contribution in [0.1, 0.15) is 31.3 Å². The molecule has 10 heteroatoms. The third-order valence-corrected chi connectivity index (χ3v) is 4.35. The van der Waals surface area contributed by atoms with Crippen LogP contribution in [0.4, 0.5) is 10.1 Å². The summed E-state index contributed by atoms with van der Waals surface area (Å²) in [7, 11) is 1.41. The quantitative estimate of drug-likeness (QED) is 0.592. The number of carbonyl (C=O) groups excluding carboxylic acids is 3. The molecule has 29 heavy (non-hydrogen) atoms. The van der Waals surface area contributed by atoms with Crippen LogP contribution >= 0.6 is 11.6 Å². The topological polar surface area (TPSA) is 119 Å². The third kappa shape index (κ3) is 4.09. The average molecular weight is 416 g/mol. The van der Waals surface area contributed by atoms with E-state index in [-0.39, 0.29) is 22.0 Å². The molecule has 0 aliphatic heterocycles. The minimum Gasteiger partial charge on any atom is -0.364 e. The maximum atomic E-state index is 13.4. The highest BCUT2D eigenvalue weighted by atomic mass is 35.5. The van der Waals surface area contributed by atoms with E-state index >= 15 is 0 Å². The maximum Gasteiger partial charge on any atom is 0.272 e. The Balaban J connectivity index is 1.87. The van der Waals surface area contributed by atoms with Crippen LogP contribution in [-0.2, 0) is 0 Å². The molecule has 0 spiro atoms. The first-order valence-corrected chi connectivity index (χ1v) is 8.65. The molecule has 0 bridgehead atoms. The van der Waals surface area contributed by atoms with Crippen LogP contribution in [0.25, 0.3) is 5.69 Å². The van der Waals surface area contributed by atoms with Gasteiger partial charge < -0.3 is 16.4 Å². The highest BCUT2D eigenvalue weighted by molar-refractivity contribution is 6.34. The predicted octanol–water partition coefficient (Wildman–Crippen LogP) is 2.38. The van der Waals surface area contributed by atoms with Gasteiger partial charge in [0, 0.05) is 18.4 Å². The fourth-order valence-corrected chi connectivity index (χ4v) is 2.84. The number of carbonyl (C=O) groups is 3. The van der Waals surface area contributed by atoms with E-state index < -0.39 is 23.5 Å². The molecule has 0 aliphatic carbocycles. The molecule has 3 aromatic rings. The molecule has 148 valence electrons. The number of nitrogens with zero attached hydrogens (tertiary/aromatic N) is 2. The Hall–Kier alpha value is -3.72. The minimum atomic E-state index is -0.820. The number of imidazole rings is 1. The van der Waals surface area contributed by atoms with Crippen LogP contribution in [0, 0.1) is 5.82 Å². The standard InChI is InChI=1S/C19H15ClFN5O3/c1-23-19(29)15-16(17(22)27)26(9-24-15)12-5-3-11(4-6-12)25-18(28)13-8-10(21)2-7-14(13)20/h2-9H,1H3,(H2,22,27)(H,23,29)(H,25,28). The summed E-state index contributed by atoms with van der Waals surface area (Å²) in [5.41, 5.74) is 6.12. The lowest BCUT2D eigenvalue weighted by Gasteiger charge is -2.10. The first kappa shape index (κ1) is 20.0. The lowest BCUT2D eigenvalue weighted by Crippen LogP contribution is -2.25. The van der Waals surface area contributed by atoms with Crippen LogP contribution in [0.2, 0.25) is 5.02 Å². The Labute approximate surface area is 169 Å². The van der Waals surface area contributed by atoms with Crippen molar-refractivity contribution in [2.45, 2.75) is 0 Å². The molecule has 2 aromatic carbocycles. The molecule has 1 aromatic heterocycles. The van der Waals surface area contributed by atoms with E-state index in [4.69, 9.17) is 17.3 Å². The van der Waals surface area contributed by atoms with E-state index in [1.54, 1.807) is 24.3 Å². The molecule has 4 N–H and O–H groups in total. The zero-order chi connectivity index (χ0) is 21.1. The van der Waals surface area contributed by atoms with Gasteiger partial charge in [-0.05, 0) is 42.5 Å². The fraction of sp³-hybridized carbons (Fsp3) is 0.0526. The van der Waals surface area contributed by atoms with Crippen molar-refractivity contribution in [2.24, 2.45) is 5.73 Å². The summed E-state index contributed by atoms with van der Waals surface area (Å²) in [6.45, 7) is 0. The molecule has 0 saturated heterocycles. The average Bonchev–Trinajstić information content (AvgIpc) is 3.15. The number of hydrogen-bond donors (Lipinski definition) is 3. The molecule has 0 fully saturated rings. The van der Waals surface area contributed by atoms with Crippen molar-refractivity contribution in [3.63, 3.8) is 0 Å². The van der Waals surface area contributed by atoms with E-state index in [9.17, 15) is 18.8 Å². The molecule has 3 amide bonds. The van der Waals surface area contributed by atoms with Crippen molar-refractivity contribution < 1.29 is 18.8 Å². The van der Waals surface area contributed by atoms with E-state index in [0.29, 0.717) is 11.4 Å². The van der Waals surface area contributed by atoms with Gasteiger partial charge in [0.1, 0.15) is 17.8 Å².